The van der Waals surface area contributed by atoms with Crippen molar-refractivity contribution in [3.05, 3.63) is 0 Å². The van der Waals surface area contributed by atoms with Gasteiger partial charge in [0.05, 0.1) is 5.92 Å². The van der Waals surface area contributed by atoms with Crippen LogP contribution in [0.4, 0.5) is 0 Å². The third-order valence-corrected chi connectivity index (χ3v) is 2.95. The summed E-state index contributed by atoms with van der Waals surface area (Å²) in [7, 11) is 1.46. The monoisotopic (exact) mass is 291 g/mol. The van der Waals surface area contributed by atoms with Crippen LogP contribution in [0.1, 0.15) is 13.3 Å². The van der Waals surface area contributed by atoms with E-state index in [-0.39, 0.29) is 30.5 Å². The number of nitrogens with two attached hydrogens (primary N) is 1. The molecule has 0 heterocycles. The molecule has 0 bridgehead atoms. The Labute approximate surface area is 114 Å². The van der Waals surface area contributed by atoms with E-state index >= 15 is 0 Å². The minimum atomic E-state index is -1.07. The molecule has 1 atom stereocenters. The fourth-order valence-electron chi connectivity index (χ4n) is 1.11. The molecule has 0 aromatic heterocycles. The van der Waals surface area contributed by atoms with Crippen molar-refractivity contribution in [3.63, 3.8) is 0 Å². The molecule has 0 aliphatic heterocycles. The van der Waals surface area contributed by atoms with Crippen LogP contribution in [-0.4, -0.2) is 58.1 Å². The fraction of sp³-hybridized carbons (Fsp3) is 0.600. The van der Waals surface area contributed by atoms with E-state index in [2.05, 4.69) is 4.40 Å². The van der Waals surface area contributed by atoms with E-state index < -0.39 is 17.9 Å². The molecule has 0 fully saturated rings. The van der Waals surface area contributed by atoms with Gasteiger partial charge < -0.3 is 25.6 Å². The van der Waals surface area contributed by atoms with E-state index in [0.29, 0.717) is 0 Å². The molecule has 0 aliphatic rings. The zero-order valence-corrected chi connectivity index (χ0v) is 11.5. The molecule has 0 aliphatic carbocycles. The molecule has 0 saturated carbocycles. The number of carboxylic acid groups (broad SMARTS) is 2. The molecule has 8 nitrogen and oxygen atoms in total. The molecule has 4 N–H and O–H groups in total. The summed E-state index contributed by atoms with van der Waals surface area (Å²) in [6.45, 7) is 1.02. The van der Waals surface area contributed by atoms with Crippen LogP contribution in [0.2, 0.25) is 0 Å². The van der Waals surface area contributed by atoms with Crippen molar-refractivity contribution in [3.8, 4) is 0 Å². The van der Waals surface area contributed by atoms with Crippen LogP contribution >= 0.6 is 11.9 Å². The summed E-state index contributed by atoms with van der Waals surface area (Å²) in [6, 6.07) is 0. The lowest BCUT2D eigenvalue weighted by atomic mass is 10.1. The average Bonchev–Trinajstić information content (AvgIpc) is 2.25. The van der Waals surface area contributed by atoms with E-state index in [1.807, 2.05) is 0 Å². The van der Waals surface area contributed by atoms with Crippen molar-refractivity contribution in [1.82, 2.24) is 4.90 Å². The molecule has 0 unspecified atom stereocenters. The Balaban J connectivity index is 4.33. The summed E-state index contributed by atoms with van der Waals surface area (Å²) in [4.78, 5) is 33.4. The van der Waals surface area contributed by atoms with Crippen LogP contribution in [0.3, 0.4) is 0 Å². The number of aliphatic carboxylic acids is 2. The van der Waals surface area contributed by atoms with Gasteiger partial charge in [-0.15, -0.1) is 0 Å². The van der Waals surface area contributed by atoms with Crippen molar-refractivity contribution >= 4 is 35.6 Å². The number of ketones is 1. The van der Waals surface area contributed by atoms with Gasteiger partial charge in [0.15, 0.2) is 0 Å². The summed E-state index contributed by atoms with van der Waals surface area (Å²) >= 11 is 0.890. The van der Waals surface area contributed by atoms with E-state index in [1.165, 1.54) is 18.9 Å². The molecule has 108 valence electrons. The van der Waals surface area contributed by atoms with Gasteiger partial charge in [-0.25, -0.2) is 0 Å². The van der Waals surface area contributed by atoms with Crippen LogP contribution < -0.4 is 5.73 Å². The van der Waals surface area contributed by atoms with Crippen LogP contribution in [-0.2, 0) is 14.4 Å². The first-order valence-corrected chi connectivity index (χ1v) is 6.28. The van der Waals surface area contributed by atoms with Crippen molar-refractivity contribution in [2.75, 3.05) is 19.3 Å². The second kappa shape index (κ2) is 8.35. The maximum absolute atomic E-state index is 10.9. The Bertz CT molecular complexity index is 385. The van der Waals surface area contributed by atoms with E-state index in [4.69, 9.17) is 15.9 Å². The molecule has 0 amide bonds. The van der Waals surface area contributed by atoms with Crippen molar-refractivity contribution < 1.29 is 24.6 Å². The lowest BCUT2D eigenvalue weighted by Gasteiger charge is -2.15. The molecule has 0 rings (SSSR count). The van der Waals surface area contributed by atoms with Gasteiger partial charge in [0.1, 0.15) is 12.3 Å². The number of likely N-dealkylation sites (N-methyl/N-ethyl adjacent to an activating group) is 1. The maximum atomic E-state index is 10.9. The van der Waals surface area contributed by atoms with Gasteiger partial charge in [-0.2, -0.15) is 4.40 Å². The third kappa shape index (κ3) is 8.03. The van der Waals surface area contributed by atoms with E-state index in [0.717, 1.165) is 11.9 Å². The highest BCUT2D eigenvalue weighted by atomic mass is 32.2. The molecule has 0 radical (unpaired) electrons. The molecular weight excluding hydrogens is 274 g/mol. The number of nitrogens with zero attached hydrogens (tertiary/aromatic N) is 2. The van der Waals surface area contributed by atoms with Gasteiger partial charge in [0.2, 0.25) is 5.96 Å². The predicted octanol–water partition coefficient (Wildman–Crippen LogP) is -0.354. The van der Waals surface area contributed by atoms with Crippen LogP contribution in [0, 0.1) is 5.92 Å². The van der Waals surface area contributed by atoms with Gasteiger partial charge in [-0.3, -0.25) is 9.59 Å². The van der Waals surface area contributed by atoms with Gasteiger partial charge in [0.25, 0.3) is 0 Å². The Hall–Kier alpha value is -1.77. The number of rotatable bonds is 8. The van der Waals surface area contributed by atoms with E-state index in [1.54, 1.807) is 0 Å². The largest absolute Gasteiger partial charge is 0.481 e. The molecule has 19 heavy (non-hydrogen) atoms. The SMILES string of the molecule is CC(=O)C[C@H](CSN=C(N)N(C)CC(=O)O)C(=O)O. The highest BCUT2D eigenvalue weighted by Gasteiger charge is 2.19. The molecule has 9 heteroatoms. The van der Waals surface area contributed by atoms with Gasteiger partial charge in [-0.05, 0) is 18.9 Å². The Kier molecular flexibility index (Phi) is 7.57. The first-order chi connectivity index (χ1) is 8.73. The number of carbonyl (C=O) groups excluding carboxylic acids is 1. The molecule has 0 aromatic carbocycles. The Morgan fingerprint density at radius 3 is 2.37 bits per heavy atom. The topological polar surface area (TPSA) is 133 Å². The smallest absolute Gasteiger partial charge is 0.323 e. The number of guanidine groups is 1. The van der Waals surface area contributed by atoms with Crippen LogP contribution in [0.15, 0.2) is 4.40 Å². The zero-order valence-electron chi connectivity index (χ0n) is 10.7. The predicted molar refractivity (Wildman–Crippen MR) is 70.8 cm³/mol. The fourth-order valence-corrected chi connectivity index (χ4v) is 1.90. The van der Waals surface area contributed by atoms with Crippen molar-refractivity contribution in [2.45, 2.75) is 13.3 Å². The van der Waals surface area contributed by atoms with E-state index in [9.17, 15) is 14.4 Å². The first-order valence-electron chi connectivity index (χ1n) is 5.34. The minimum Gasteiger partial charge on any atom is -0.481 e. The third-order valence-electron chi connectivity index (χ3n) is 2.08. The Morgan fingerprint density at radius 1 is 1.37 bits per heavy atom. The quantitative estimate of drug-likeness (QED) is 0.314. The number of Topliss-reactive ketones (excluding diaryl/α,β-unsaturated/α-hetero) is 1. The second-order valence-electron chi connectivity index (χ2n) is 3.94. The molecule has 0 spiro atoms. The summed E-state index contributed by atoms with van der Waals surface area (Å²) in [5, 5.41) is 17.4. The lowest BCUT2D eigenvalue weighted by Crippen LogP contribution is -2.37. The molecule has 0 aromatic rings. The molecule has 0 saturated heterocycles. The summed E-state index contributed by atoms with van der Waals surface area (Å²) in [6.07, 6.45) is -0.0667. The van der Waals surface area contributed by atoms with Crippen LogP contribution in [0.5, 0.6) is 0 Å². The first kappa shape index (κ1) is 17.2. The lowest BCUT2D eigenvalue weighted by molar-refractivity contribution is -0.142. The zero-order chi connectivity index (χ0) is 15.0. The highest BCUT2D eigenvalue weighted by molar-refractivity contribution is 7.98. The van der Waals surface area contributed by atoms with Gasteiger partial charge >= 0.3 is 11.9 Å². The summed E-state index contributed by atoms with van der Waals surface area (Å²) in [5.74, 6) is -3.09. The standard InChI is InChI=1S/C10H17N3O5S/c1-6(14)3-7(9(17)18)5-19-12-10(11)13(2)4-8(15)16/h7H,3-5H2,1-2H3,(H2,11,12)(H,15,16)(H,17,18)/t7-/m1/s1. The number of hydrogen-bond acceptors (Lipinski definition) is 5. The normalized spacial score (nSPS) is 12.8. The van der Waals surface area contributed by atoms with Crippen LogP contribution in [0.25, 0.3) is 0 Å². The average molecular weight is 291 g/mol. The minimum absolute atomic E-state index is 0.0145. The summed E-state index contributed by atoms with van der Waals surface area (Å²) < 4.78 is 3.81. The number of carboxylic acids is 2. The van der Waals surface area contributed by atoms with Crippen molar-refractivity contribution in [1.29, 1.82) is 0 Å². The van der Waals surface area contributed by atoms with Crippen molar-refractivity contribution in [2.24, 2.45) is 16.0 Å². The highest BCUT2D eigenvalue weighted by Crippen LogP contribution is 2.14. The van der Waals surface area contributed by atoms with Gasteiger partial charge in [-0.1, -0.05) is 0 Å². The molecular formula is C10H17N3O5S. The Morgan fingerprint density at radius 2 is 1.95 bits per heavy atom. The maximum Gasteiger partial charge on any atom is 0.323 e. The number of carbonyl (C=O) groups is 3. The summed E-state index contributed by atoms with van der Waals surface area (Å²) in [5.41, 5.74) is 5.51. The number of hydrogen-bond donors (Lipinski definition) is 3. The second-order valence-corrected chi connectivity index (χ2v) is 4.71. The van der Waals surface area contributed by atoms with Gasteiger partial charge in [0, 0.05) is 19.2 Å².